The molecule has 46 heavy (non-hydrogen) atoms. The van der Waals surface area contributed by atoms with Crippen LogP contribution in [0.3, 0.4) is 0 Å². The predicted octanol–water partition coefficient (Wildman–Crippen LogP) is 4.39. The van der Waals surface area contributed by atoms with E-state index >= 15 is 0 Å². The van der Waals surface area contributed by atoms with Crippen LogP contribution < -0.4 is 0 Å². The Labute approximate surface area is 274 Å². The Kier molecular flexibility index (Phi) is 9.65. The quantitative estimate of drug-likeness (QED) is 0.315. The lowest BCUT2D eigenvalue weighted by molar-refractivity contribution is 0.0832. The van der Waals surface area contributed by atoms with Crippen molar-refractivity contribution in [1.29, 1.82) is 0 Å². The molecule has 2 N–H and O–H groups in total. The first kappa shape index (κ1) is 32.9. The van der Waals surface area contributed by atoms with E-state index in [4.69, 9.17) is 12.7 Å². The minimum Gasteiger partial charge on any atom is -0.508 e. The number of amides is 2. The lowest BCUT2D eigenvalue weighted by Gasteiger charge is -2.30. The predicted molar refractivity (Wildman–Crippen MR) is 188 cm³/mol. The molecule has 8 nitrogen and oxygen atoms in total. The number of fused-ring (bicyclic) bond motifs is 10. The van der Waals surface area contributed by atoms with Crippen LogP contribution in [0, 0.1) is 5.92 Å². The van der Waals surface area contributed by atoms with Crippen molar-refractivity contribution in [2.45, 2.75) is 39.6 Å². The number of hydrogen-bond acceptors (Lipinski definition) is 6. The second-order valence-electron chi connectivity index (χ2n) is 11.4. The summed E-state index contributed by atoms with van der Waals surface area (Å²) in [4.78, 5) is 38.0. The van der Waals surface area contributed by atoms with Crippen molar-refractivity contribution >= 4 is 75.4 Å². The van der Waals surface area contributed by atoms with E-state index in [-0.39, 0.29) is 35.2 Å². The molecule has 0 aliphatic carbocycles. The Hall–Kier alpha value is -4.46. The Bertz CT molecular complexity index is 1900. The molecule has 0 aromatic heterocycles. The third kappa shape index (κ3) is 5.59. The normalized spacial score (nSPS) is 20.4. The third-order valence-corrected chi connectivity index (χ3v) is 8.71. The zero-order chi connectivity index (χ0) is 33.3. The van der Waals surface area contributed by atoms with E-state index in [1.807, 2.05) is 50.2 Å². The SMILES string of the molecule is CC.C[C@@H]1N=C2c3ccc4ccc(O)cc4c3C(=O)N2C[C@@H]1C.[B][B].[B][B][C@H]1CN=C2c3c(ccc4ccc(O)cc34)C(=O)N2C1. The lowest BCUT2D eigenvalue weighted by atomic mass is 9.47. The molecule has 4 aromatic carbocycles. The molecule has 4 aromatic rings. The highest BCUT2D eigenvalue weighted by molar-refractivity contribution is 6.90. The van der Waals surface area contributed by atoms with E-state index in [0.717, 1.165) is 38.5 Å². The van der Waals surface area contributed by atoms with Gasteiger partial charge in [-0.2, -0.15) is 0 Å². The van der Waals surface area contributed by atoms with Crippen LogP contribution in [0.15, 0.2) is 70.6 Å². The molecule has 0 saturated carbocycles. The van der Waals surface area contributed by atoms with Crippen LogP contribution in [0.2, 0.25) is 5.82 Å². The van der Waals surface area contributed by atoms with Gasteiger partial charge in [0.25, 0.3) is 11.8 Å². The van der Waals surface area contributed by atoms with Crippen LogP contribution in [0.25, 0.3) is 21.5 Å². The average molecular weight is 605 g/mol. The fourth-order valence-corrected chi connectivity index (χ4v) is 6.22. The van der Waals surface area contributed by atoms with Crippen molar-refractivity contribution in [3.05, 3.63) is 82.9 Å². The van der Waals surface area contributed by atoms with E-state index in [2.05, 4.69) is 34.3 Å². The van der Waals surface area contributed by atoms with Gasteiger partial charge in [-0.3, -0.25) is 29.4 Å². The molecule has 225 valence electrons. The van der Waals surface area contributed by atoms with Crippen molar-refractivity contribution in [1.82, 2.24) is 9.80 Å². The van der Waals surface area contributed by atoms with Crippen LogP contribution >= 0.6 is 0 Å². The van der Waals surface area contributed by atoms with Crippen LogP contribution in [0.4, 0.5) is 0 Å². The second kappa shape index (κ2) is 13.5. The van der Waals surface area contributed by atoms with Gasteiger partial charge >= 0.3 is 0 Å². The van der Waals surface area contributed by atoms with Crippen molar-refractivity contribution in [3.63, 3.8) is 0 Å². The monoisotopic (exact) mass is 605 g/mol. The number of carbonyl (C=O) groups excluding carboxylic acids is 2. The topological polar surface area (TPSA) is 106 Å². The summed E-state index contributed by atoms with van der Waals surface area (Å²) in [5.41, 5.74) is 3.02. The molecular weight excluding hydrogens is 572 g/mol. The minimum absolute atomic E-state index is 0.00120. The van der Waals surface area contributed by atoms with E-state index < -0.39 is 0 Å². The molecule has 8 rings (SSSR count). The van der Waals surface area contributed by atoms with E-state index in [0.29, 0.717) is 42.5 Å². The largest absolute Gasteiger partial charge is 0.508 e. The molecule has 0 spiro atoms. The van der Waals surface area contributed by atoms with Crippen LogP contribution in [0.1, 0.15) is 59.5 Å². The van der Waals surface area contributed by atoms with Crippen molar-refractivity contribution < 1.29 is 19.8 Å². The first-order valence-corrected chi connectivity index (χ1v) is 15.4. The second-order valence-corrected chi connectivity index (χ2v) is 11.4. The summed E-state index contributed by atoms with van der Waals surface area (Å²) in [5, 5.41) is 23.1. The summed E-state index contributed by atoms with van der Waals surface area (Å²) in [5.74, 6) is 2.25. The van der Waals surface area contributed by atoms with Gasteiger partial charge in [-0.05, 0) is 76.6 Å². The summed E-state index contributed by atoms with van der Waals surface area (Å²) in [6.45, 7) is 10.1. The van der Waals surface area contributed by atoms with Gasteiger partial charge in [0.05, 0.1) is 24.3 Å². The average Bonchev–Trinajstić information content (AvgIpc) is 3.53. The Morgan fingerprint density at radius 2 is 1.30 bits per heavy atom. The summed E-state index contributed by atoms with van der Waals surface area (Å²) in [6.07, 6.45) is 0. The highest BCUT2D eigenvalue weighted by Gasteiger charge is 2.40. The maximum absolute atomic E-state index is 12.8. The number of hydrogen-bond donors (Lipinski definition) is 2. The highest BCUT2D eigenvalue weighted by Crippen LogP contribution is 2.36. The summed E-state index contributed by atoms with van der Waals surface area (Å²) < 4.78 is 0. The number of amidine groups is 2. The van der Waals surface area contributed by atoms with Gasteiger partial charge in [-0.1, -0.05) is 45.0 Å². The van der Waals surface area contributed by atoms with E-state index in [9.17, 15) is 19.8 Å². The Morgan fingerprint density at radius 1 is 0.761 bits per heavy atom. The molecule has 0 unspecified atom stereocenters. The van der Waals surface area contributed by atoms with Gasteiger partial charge in [0.1, 0.15) is 23.2 Å². The van der Waals surface area contributed by atoms with Gasteiger partial charge in [0.15, 0.2) is 0 Å². The minimum atomic E-state index is -0.0412. The number of phenols is 2. The Balaban J connectivity index is 0.000000164. The maximum Gasteiger partial charge on any atom is 0.260 e. The fourth-order valence-electron chi connectivity index (χ4n) is 6.22. The fraction of sp³-hybridized carbons (Fsp3) is 0.294. The number of rotatable bonds is 1. The zero-order valence-electron chi connectivity index (χ0n) is 26.4. The number of carbonyl (C=O) groups is 2. The van der Waals surface area contributed by atoms with Crippen LogP contribution in [-0.2, 0) is 0 Å². The lowest BCUT2D eigenvalue weighted by Crippen LogP contribution is -2.41. The molecule has 7 radical (unpaired) electrons. The summed E-state index contributed by atoms with van der Waals surface area (Å²) in [7, 11) is 15.2. The number of nitrogens with zero attached hydrogens (tertiary/aromatic N) is 4. The molecule has 4 heterocycles. The first-order chi connectivity index (χ1) is 22.2. The summed E-state index contributed by atoms with van der Waals surface area (Å²) >= 11 is 0. The maximum atomic E-state index is 12.8. The van der Waals surface area contributed by atoms with E-state index in [1.54, 1.807) is 41.2 Å². The molecule has 3 atom stereocenters. The van der Waals surface area contributed by atoms with Crippen molar-refractivity contribution in [2.75, 3.05) is 19.6 Å². The molecule has 12 heteroatoms. The standard InChI is InChI=1S/C17H16N2O2.C15H11B2N2O2.C2H6.B2/c1-9-8-19-16(18-10(9)2)13-6-4-11-3-5-12(20)7-14(11)15(13)17(19)21;16-17-9-6-18-14-13-11(15(21)19(14)7-9)4-2-8-1-3-10(20)5-12(8)13;2*1-2/h3-7,9-10,20H,8H2,1-2H3;1-5,9,20H,6-7H2;1-2H3;/t9-,10-;9-;;/m00../s1. The van der Waals surface area contributed by atoms with Gasteiger partial charge in [-0.25, -0.2) is 0 Å². The smallest absolute Gasteiger partial charge is 0.260 e. The van der Waals surface area contributed by atoms with Crippen molar-refractivity contribution in [2.24, 2.45) is 15.9 Å². The highest BCUT2D eigenvalue weighted by atomic mass is 16.3. The van der Waals surface area contributed by atoms with Gasteiger partial charge in [-0.15, -0.1) is 0 Å². The molecule has 0 bridgehead atoms. The molecule has 4 aliphatic rings. The first-order valence-electron chi connectivity index (χ1n) is 15.4. The van der Waals surface area contributed by atoms with Gasteiger partial charge < -0.3 is 10.2 Å². The zero-order valence-corrected chi connectivity index (χ0v) is 26.4. The van der Waals surface area contributed by atoms with Gasteiger partial charge in [0, 0.05) is 54.0 Å². The Morgan fingerprint density at radius 3 is 1.91 bits per heavy atom. The van der Waals surface area contributed by atoms with Gasteiger partial charge in [0.2, 0.25) is 0 Å². The van der Waals surface area contributed by atoms with Crippen LogP contribution in [-0.4, -0.2) is 99.6 Å². The van der Waals surface area contributed by atoms with Crippen LogP contribution in [0.5, 0.6) is 11.5 Å². The number of aromatic hydroxyl groups is 2. The number of aliphatic imine (C=N–C) groups is 2. The molecule has 2 amide bonds. The van der Waals surface area contributed by atoms with Crippen molar-refractivity contribution in [3.8, 4) is 11.5 Å². The molecule has 4 aliphatic heterocycles. The number of phenolic OH excluding ortho intramolecular Hbond substituents is 2. The third-order valence-electron chi connectivity index (χ3n) is 8.71. The molecule has 0 saturated heterocycles. The molecular formula is C34H33B4N4O4. The van der Waals surface area contributed by atoms with E-state index in [1.165, 1.54) is 0 Å². The summed E-state index contributed by atoms with van der Waals surface area (Å²) in [6, 6.07) is 18.2. The molecule has 0 fully saturated rings. The number of benzene rings is 4.